The number of benzene rings is 2. The van der Waals surface area contributed by atoms with Gasteiger partial charge in [-0.15, -0.1) is 0 Å². The molecule has 32 heavy (non-hydrogen) atoms. The Morgan fingerprint density at radius 1 is 1.12 bits per heavy atom. The molecule has 1 atom stereocenters. The van der Waals surface area contributed by atoms with Crippen molar-refractivity contribution >= 4 is 5.97 Å². The number of allylic oxidation sites excluding steroid dienone is 1. The molecular weight excluding hydrogens is 408 g/mol. The van der Waals surface area contributed by atoms with E-state index in [1.165, 1.54) is 12.7 Å². The van der Waals surface area contributed by atoms with Crippen molar-refractivity contribution in [3.8, 4) is 28.4 Å². The van der Waals surface area contributed by atoms with Crippen LogP contribution in [0.2, 0.25) is 0 Å². The van der Waals surface area contributed by atoms with Crippen LogP contribution in [0, 0.1) is 6.92 Å². The van der Waals surface area contributed by atoms with Crippen LogP contribution >= 0.6 is 0 Å². The van der Waals surface area contributed by atoms with Gasteiger partial charge in [-0.1, -0.05) is 17.7 Å². The van der Waals surface area contributed by atoms with Crippen LogP contribution in [0.4, 0.5) is 0 Å². The molecule has 2 aromatic rings. The lowest BCUT2D eigenvalue weighted by Gasteiger charge is -2.31. The van der Waals surface area contributed by atoms with Crippen molar-refractivity contribution in [2.24, 2.45) is 0 Å². The smallest absolute Gasteiger partial charge is 0.338 e. The van der Waals surface area contributed by atoms with Gasteiger partial charge in [-0.05, 0) is 70.0 Å². The minimum atomic E-state index is -0.596. The lowest BCUT2D eigenvalue weighted by molar-refractivity contribution is -0.0717. The average Bonchev–Trinajstić information content (AvgIpc) is 2.87. The third kappa shape index (κ3) is 5.07. The molecule has 1 aliphatic heterocycles. The number of hydrogen-bond acceptors (Lipinski definition) is 6. The number of fused-ring (bicyclic) bond motifs is 1. The molecule has 0 aliphatic carbocycles. The molecule has 0 unspecified atom stereocenters. The summed E-state index contributed by atoms with van der Waals surface area (Å²) in [4.78, 5) is 12.3. The average molecular weight is 441 g/mol. The van der Waals surface area contributed by atoms with Gasteiger partial charge in [-0.2, -0.15) is 0 Å². The highest BCUT2D eigenvalue weighted by atomic mass is 16.6. The maximum absolute atomic E-state index is 12.3. The molecule has 172 valence electrons. The van der Waals surface area contributed by atoms with Crippen molar-refractivity contribution in [2.45, 2.75) is 46.3 Å². The van der Waals surface area contributed by atoms with Crippen molar-refractivity contribution < 1.29 is 28.5 Å². The Hall–Kier alpha value is -2.99. The van der Waals surface area contributed by atoms with Crippen LogP contribution in [-0.4, -0.2) is 45.1 Å². The second-order valence-corrected chi connectivity index (χ2v) is 8.62. The highest BCUT2D eigenvalue weighted by Crippen LogP contribution is 2.40. The Kier molecular flexibility index (Phi) is 7.14. The van der Waals surface area contributed by atoms with E-state index in [9.17, 15) is 4.79 Å². The summed E-state index contributed by atoms with van der Waals surface area (Å²) in [6.45, 7) is 10.8. The second kappa shape index (κ2) is 9.65. The van der Waals surface area contributed by atoms with Crippen LogP contribution < -0.4 is 14.2 Å². The summed E-state index contributed by atoms with van der Waals surface area (Å²) in [6, 6.07) is 9.44. The number of carbonyl (C=O) groups is 1. The summed E-state index contributed by atoms with van der Waals surface area (Å²) in [6.07, 6.45) is 1.80. The molecule has 6 nitrogen and oxygen atoms in total. The molecule has 0 radical (unpaired) electrons. The van der Waals surface area contributed by atoms with Crippen LogP contribution in [0.5, 0.6) is 17.2 Å². The molecule has 0 fully saturated rings. The molecule has 6 heteroatoms. The molecular formula is C26H32O6. The molecule has 1 aliphatic rings. The molecule has 0 amide bonds. The van der Waals surface area contributed by atoms with Crippen molar-refractivity contribution in [2.75, 3.05) is 27.4 Å². The van der Waals surface area contributed by atoms with Gasteiger partial charge in [0.15, 0.2) is 11.5 Å². The summed E-state index contributed by atoms with van der Waals surface area (Å²) in [7, 11) is 2.95. The van der Waals surface area contributed by atoms with E-state index in [-0.39, 0.29) is 6.10 Å². The van der Waals surface area contributed by atoms with Gasteiger partial charge in [0.1, 0.15) is 24.1 Å². The molecule has 2 aromatic carbocycles. The third-order valence-electron chi connectivity index (χ3n) is 5.59. The first-order valence-electron chi connectivity index (χ1n) is 10.6. The fourth-order valence-corrected chi connectivity index (χ4v) is 3.57. The molecule has 0 aromatic heterocycles. The minimum Gasteiger partial charge on any atom is -0.496 e. The Bertz CT molecular complexity index is 1020. The van der Waals surface area contributed by atoms with Crippen molar-refractivity contribution in [3.63, 3.8) is 0 Å². The topological polar surface area (TPSA) is 63.2 Å². The third-order valence-corrected chi connectivity index (χ3v) is 5.59. The van der Waals surface area contributed by atoms with E-state index in [0.29, 0.717) is 36.0 Å². The van der Waals surface area contributed by atoms with E-state index in [2.05, 4.69) is 0 Å². The van der Waals surface area contributed by atoms with Gasteiger partial charge in [0.25, 0.3) is 0 Å². The Morgan fingerprint density at radius 3 is 2.53 bits per heavy atom. The van der Waals surface area contributed by atoms with Gasteiger partial charge in [0.2, 0.25) is 0 Å². The highest BCUT2D eigenvalue weighted by molar-refractivity contribution is 5.93. The van der Waals surface area contributed by atoms with E-state index in [1.807, 2.05) is 65.0 Å². The summed E-state index contributed by atoms with van der Waals surface area (Å²) in [5.41, 5.74) is 3.48. The number of hydrogen-bond donors (Lipinski definition) is 0. The van der Waals surface area contributed by atoms with Gasteiger partial charge in [-0.25, -0.2) is 4.79 Å². The summed E-state index contributed by atoms with van der Waals surface area (Å²) >= 11 is 0. The van der Waals surface area contributed by atoms with Crippen LogP contribution in [0.1, 0.15) is 43.6 Å². The van der Waals surface area contributed by atoms with Crippen LogP contribution in [-0.2, 0) is 9.47 Å². The summed E-state index contributed by atoms with van der Waals surface area (Å²) in [5.74, 6) is 1.49. The molecule has 1 heterocycles. The largest absolute Gasteiger partial charge is 0.496 e. The van der Waals surface area contributed by atoms with Gasteiger partial charge in [0, 0.05) is 5.56 Å². The Morgan fingerprint density at radius 2 is 1.88 bits per heavy atom. The van der Waals surface area contributed by atoms with Crippen LogP contribution in [0.3, 0.4) is 0 Å². The molecule has 0 N–H and O–H groups in total. The van der Waals surface area contributed by atoms with Gasteiger partial charge < -0.3 is 23.7 Å². The van der Waals surface area contributed by atoms with Gasteiger partial charge in [0.05, 0.1) is 26.4 Å². The molecule has 0 spiro atoms. The van der Waals surface area contributed by atoms with Crippen LogP contribution in [0.25, 0.3) is 11.1 Å². The van der Waals surface area contributed by atoms with Crippen molar-refractivity contribution in [3.05, 3.63) is 53.1 Å². The maximum Gasteiger partial charge on any atom is 0.338 e. The van der Waals surface area contributed by atoms with Crippen molar-refractivity contribution in [1.29, 1.82) is 0 Å². The zero-order chi connectivity index (χ0) is 23.5. The molecule has 0 bridgehead atoms. The van der Waals surface area contributed by atoms with Crippen LogP contribution in [0.15, 0.2) is 42.0 Å². The predicted octanol–water partition coefficient (Wildman–Crippen LogP) is 5.36. The zero-order valence-corrected chi connectivity index (χ0v) is 19.9. The van der Waals surface area contributed by atoms with E-state index in [1.54, 1.807) is 13.2 Å². The second-order valence-electron chi connectivity index (χ2n) is 8.62. The lowest BCUT2D eigenvalue weighted by atomic mass is 9.98. The normalized spacial score (nSPS) is 16.7. The summed E-state index contributed by atoms with van der Waals surface area (Å²) < 4.78 is 28.9. The number of methoxy groups -OCH3 is 2. The standard InChI is InChI=1S/C26H32O6/c1-16(2)10-11-30-24-15-31-21-9-8-18(13-23(21)32-26(24,4)5)19-12-20(25(27)29-7)17(3)22(14-19)28-6/h8-10,12-14,24H,11,15H2,1-7H3/t24-/m0/s1. The number of carbonyl (C=O) groups excluding carboxylic acids is 1. The van der Waals surface area contributed by atoms with E-state index >= 15 is 0 Å². The zero-order valence-electron chi connectivity index (χ0n) is 19.9. The minimum absolute atomic E-state index is 0.237. The van der Waals surface area contributed by atoms with E-state index < -0.39 is 11.6 Å². The van der Waals surface area contributed by atoms with E-state index in [4.69, 9.17) is 23.7 Å². The first kappa shape index (κ1) is 23.7. The molecule has 0 saturated carbocycles. The van der Waals surface area contributed by atoms with Gasteiger partial charge in [-0.3, -0.25) is 0 Å². The predicted molar refractivity (Wildman–Crippen MR) is 124 cm³/mol. The first-order chi connectivity index (χ1) is 15.2. The quantitative estimate of drug-likeness (QED) is 0.445. The number of rotatable bonds is 6. The van der Waals surface area contributed by atoms with Gasteiger partial charge >= 0.3 is 5.97 Å². The highest BCUT2D eigenvalue weighted by Gasteiger charge is 2.36. The van der Waals surface area contributed by atoms with Crippen molar-refractivity contribution in [1.82, 2.24) is 0 Å². The first-order valence-corrected chi connectivity index (χ1v) is 10.6. The fraction of sp³-hybridized carbons (Fsp3) is 0.423. The molecule has 3 rings (SSSR count). The monoisotopic (exact) mass is 440 g/mol. The number of ether oxygens (including phenoxy) is 5. The Labute approximate surface area is 190 Å². The molecule has 0 saturated heterocycles. The summed E-state index contributed by atoms with van der Waals surface area (Å²) in [5, 5.41) is 0. The lowest BCUT2D eigenvalue weighted by Crippen LogP contribution is -2.45. The Balaban J connectivity index is 1.95. The number of esters is 1. The fourth-order valence-electron chi connectivity index (χ4n) is 3.57. The maximum atomic E-state index is 12.3. The SMILES string of the molecule is COC(=O)c1cc(-c2ccc3c(c2)OC(C)(C)[C@@H](OCC=C(C)C)CO3)cc(OC)c1C. The van der Waals surface area contributed by atoms with E-state index in [0.717, 1.165) is 16.7 Å².